The lowest BCUT2D eigenvalue weighted by atomic mass is 10.2. The molecule has 2 heterocycles. The van der Waals surface area contributed by atoms with E-state index < -0.39 is 10.0 Å². The number of carbonyl (C=O) groups is 1. The summed E-state index contributed by atoms with van der Waals surface area (Å²) in [6.07, 6.45) is 0.554. The van der Waals surface area contributed by atoms with Crippen molar-refractivity contribution >= 4 is 55.0 Å². The van der Waals surface area contributed by atoms with Gasteiger partial charge in [0.2, 0.25) is 15.9 Å². The number of nitrogens with one attached hydrogen (secondary N) is 2. The number of carbonyl (C=O) groups excluding carboxylic acids is 1. The molecule has 0 aliphatic rings. The van der Waals surface area contributed by atoms with E-state index in [1.165, 1.54) is 30.6 Å². The second-order valence-corrected chi connectivity index (χ2v) is 9.15. The zero-order valence-corrected chi connectivity index (χ0v) is 19.3. The molecule has 0 saturated heterocycles. The van der Waals surface area contributed by atoms with Gasteiger partial charge in [-0.1, -0.05) is 0 Å². The molecule has 1 aromatic carbocycles. The fourth-order valence-corrected chi connectivity index (χ4v) is 4.83. The molecule has 0 spiro atoms. The molecule has 3 rings (SSSR count). The molecule has 0 atom stereocenters. The molecule has 0 aliphatic heterocycles. The number of nitrogens with zero attached hydrogens (tertiary/aromatic N) is 1. The van der Waals surface area contributed by atoms with Gasteiger partial charge in [-0.15, -0.1) is 22.9 Å². The smallest absolute Gasteiger partial charge is 0.241 e. The number of amides is 1. The summed E-state index contributed by atoms with van der Waals surface area (Å²) >= 11 is 6.70. The van der Waals surface area contributed by atoms with Crippen molar-refractivity contribution in [3.05, 3.63) is 23.6 Å². The summed E-state index contributed by atoms with van der Waals surface area (Å²) in [6, 6.07) is 4.60. The molecule has 2 N–H and O–H groups in total. The number of hydrogen-bond donors (Lipinski definition) is 2. The number of aromatic nitrogens is 1. The summed E-state index contributed by atoms with van der Waals surface area (Å²) in [4.78, 5) is 15.8. The van der Waals surface area contributed by atoms with E-state index in [0.29, 0.717) is 47.4 Å². The number of thiazole rings is 1. The molecule has 0 radical (unpaired) electrons. The molecular formula is C19H22ClN3O6S2. The Morgan fingerprint density at radius 3 is 2.87 bits per heavy atom. The van der Waals surface area contributed by atoms with Crippen LogP contribution in [0.4, 0.5) is 5.13 Å². The lowest BCUT2D eigenvalue weighted by molar-refractivity contribution is -0.113. The predicted molar refractivity (Wildman–Crippen MR) is 120 cm³/mol. The van der Waals surface area contributed by atoms with Gasteiger partial charge in [-0.2, -0.15) is 0 Å². The van der Waals surface area contributed by atoms with E-state index in [1.54, 1.807) is 11.4 Å². The Morgan fingerprint density at radius 2 is 2.16 bits per heavy atom. The molecule has 0 aliphatic carbocycles. The number of halogens is 1. The summed E-state index contributed by atoms with van der Waals surface area (Å²) < 4.78 is 44.8. The van der Waals surface area contributed by atoms with Crippen molar-refractivity contribution in [3.63, 3.8) is 0 Å². The number of benzene rings is 1. The van der Waals surface area contributed by atoms with Gasteiger partial charge < -0.3 is 19.2 Å². The van der Waals surface area contributed by atoms with Crippen LogP contribution in [0.3, 0.4) is 0 Å². The highest BCUT2D eigenvalue weighted by Gasteiger charge is 2.23. The van der Waals surface area contributed by atoms with Crippen molar-refractivity contribution in [2.45, 2.75) is 18.2 Å². The number of methoxy groups -OCH3 is 1. The lowest BCUT2D eigenvalue weighted by Gasteiger charge is -2.09. The molecule has 1 amide bonds. The summed E-state index contributed by atoms with van der Waals surface area (Å²) in [5.74, 6) is 0.171. The maximum Gasteiger partial charge on any atom is 0.241 e. The average Bonchev–Trinajstić information content (AvgIpc) is 3.39. The van der Waals surface area contributed by atoms with Gasteiger partial charge in [0.15, 0.2) is 22.2 Å². The van der Waals surface area contributed by atoms with E-state index in [-0.39, 0.29) is 28.8 Å². The molecule has 3 aromatic rings. The number of hydrogen-bond acceptors (Lipinski definition) is 8. The maximum absolute atomic E-state index is 12.9. The number of rotatable bonds is 11. The van der Waals surface area contributed by atoms with Gasteiger partial charge in [0.1, 0.15) is 11.6 Å². The van der Waals surface area contributed by atoms with Crippen LogP contribution >= 0.6 is 22.9 Å². The SMILES string of the molecule is CCOCCCNS(=O)(=O)c1ccc(OC)c2oc(-c3csc(NC(=O)CCl)n3)cc12. The Labute approximate surface area is 188 Å². The first kappa shape index (κ1) is 23.5. The number of furan rings is 1. The topological polar surface area (TPSA) is 120 Å². The standard InChI is InChI=1S/C19H22ClN3O6S2/c1-3-28-8-4-7-21-31(25,26)16-6-5-14(27-2)18-12(16)9-15(29-18)13-11-30-19(22-13)23-17(24)10-20/h5-6,9,11,21H,3-4,7-8,10H2,1-2H3,(H,22,23,24). The minimum absolute atomic E-state index is 0.0700. The van der Waals surface area contributed by atoms with Gasteiger partial charge in [0, 0.05) is 30.5 Å². The summed E-state index contributed by atoms with van der Waals surface area (Å²) in [6.45, 7) is 3.18. The first-order valence-corrected chi connectivity index (χ1v) is 12.3. The summed E-state index contributed by atoms with van der Waals surface area (Å²) in [5, 5.41) is 4.98. The number of sulfonamides is 1. The Kier molecular flexibility index (Phi) is 7.89. The van der Waals surface area contributed by atoms with Crippen LogP contribution in [0.2, 0.25) is 0 Å². The second-order valence-electron chi connectivity index (χ2n) is 6.29. The Hall–Kier alpha value is -2.18. The molecule has 12 heteroatoms. The number of alkyl halides is 1. The minimum atomic E-state index is -3.79. The van der Waals surface area contributed by atoms with Crippen molar-refractivity contribution in [1.82, 2.24) is 9.71 Å². The van der Waals surface area contributed by atoms with Gasteiger partial charge in [-0.25, -0.2) is 18.1 Å². The monoisotopic (exact) mass is 487 g/mol. The summed E-state index contributed by atoms with van der Waals surface area (Å²) in [7, 11) is -2.32. The molecule has 2 aromatic heterocycles. The molecular weight excluding hydrogens is 466 g/mol. The van der Waals surface area contributed by atoms with E-state index in [2.05, 4.69) is 15.0 Å². The normalized spacial score (nSPS) is 11.7. The third kappa shape index (κ3) is 5.55. The Bertz CT molecular complexity index is 1160. The van der Waals surface area contributed by atoms with E-state index in [9.17, 15) is 13.2 Å². The van der Waals surface area contributed by atoms with E-state index in [1.807, 2.05) is 6.92 Å². The van der Waals surface area contributed by atoms with Gasteiger partial charge >= 0.3 is 0 Å². The van der Waals surface area contributed by atoms with E-state index >= 15 is 0 Å². The average molecular weight is 488 g/mol. The Balaban J connectivity index is 1.93. The minimum Gasteiger partial charge on any atom is -0.493 e. The Morgan fingerprint density at radius 1 is 1.35 bits per heavy atom. The van der Waals surface area contributed by atoms with Gasteiger partial charge in [-0.05, 0) is 31.5 Å². The number of anilines is 1. The molecule has 0 unspecified atom stereocenters. The molecule has 0 fully saturated rings. The van der Waals surface area contributed by atoms with Crippen LogP contribution in [0.5, 0.6) is 5.75 Å². The van der Waals surface area contributed by atoms with Crippen LogP contribution in [0, 0.1) is 0 Å². The first-order chi connectivity index (χ1) is 14.9. The highest BCUT2D eigenvalue weighted by molar-refractivity contribution is 7.89. The molecule has 0 bridgehead atoms. The van der Waals surface area contributed by atoms with Crippen LogP contribution in [-0.2, 0) is 19.6 Å². The predicted octanol–water partition coefficient (Wildman–Crippen LogP) is 3.45. The second kappa shape index (κ2) is 10.4. The van der Waals surface area contributed by atoms with Crippen molar-refractivity contribution in [2.24, 2.45) is 0 Å². The molecule has 168 valence electrons. The number of fused-ring (bicyclic) bond motifs is 1. The molecule has 0 saturated carbocycles. The first-order valence-electron chi connectivity index (χ1n) is 9.39. The maximum atomic E-state index is 12.9. The van der Waals surface area contributed by atoms with Crippen LogP contribution in [-0.4, -0.2) is 52.1 Å². The summed E-state index contributed by atoms with van der Waals surface area (Å²) in [5.41, 5.74) is 0.732. The van der Waals surface area contributed by atoms with Crippen molar-refractivity contribution < 1.29 is 27.1 Å². The zero-order valence-electron chi connectivity index (χ0n) is 16.9. The van der Waals surface area contributed by atoms with Crippen LogP contribution < -0.4 is 14.8 Å². The third-order valence-corrected chi connectivity index (χ3v) is 6.72. The van der Waals surface area contributed by atoms with Crippen molar-refractivity contribution in [1.29, 1.82) is 0 Å². The number of ether oxygens (including phenoxy) is 2. The van der Waals surface area contributed by atoms with E-state index in [0.717, 1.165) is 0 Å². The fourth-order valence-electron chi connectivity index (χ4n) is 2.80. The molecule has 9 nitrogen and oxygen atoms in total. The highest BCUT2D eigenvalue weighted by atomic mass is 35.5. The zero-order chi connectivity index (χ0) is 22.4. The van der Waals surface area contributed by atoms with E-state index in [4.69, 9.17) is 25.5 Å². The van der Waals surface area contributed by atoms with Gasteiger partial charge in [0.25, 0.3) is 0 Å². The van der Waals surface area contributed by atoms with Crippen LogP contribution in [0.25, 0.3) is 22.4 Å². The van der Waals surface area contributed by atoms with Crippen molar-refractivity contribution in [3.8, 4) is 17.2 Å². The quantitative estimate of drug-likeness (QED) is 0.314. The largest absolute Gasteiger partial charge is 0.493 e. The van der Waals surface area contributed by atoms with Gasteiger partial charge in [-0.3, -0.25) is 4.79 Å². The third-order valence-electron chi connectivity index (χ3n) is 4.20. The van der Waals surface area contributed by atoms with Crippen molar-refractivity contribution in [2.75, 3.05) is 38.1 Å². The fraction of sp³-hybridized carbons (Fsp3) is 0.368. The van der Waals surface area contributed by atoms with Crippen LogP contribution in [0.15, 0.2) is 32.9 Å². The van der Waals surface area contributed by atoms with Gasteiger partial charge in [0.05, 0.1) is 12.0 Å². The molecule has 31 heavy (non-hydrogen) atoms. The lowest BCUT2D eigenvalue weighted by Crippen LogP contribution is -2.25. The highest BCUT2D eigenvalue weighted by Crippen LogP contribution is 2.37. The van der Waals surface area contributed by atoms with Crippen LogP contribution in [0.1, 0.15) is 13.3 Å².